The van der Waals surface area contributed by atoms with Crippen LogP contribution in [-0.4, -0.2) is 35.7 Å². The van der Waals surface area contributed by atoms with Gasteiger partial charge in [0.1, 0.15) is 0 Å². The average molecular weight is 254 g/mol. The van der Waals surface area contributed by atoms with Crippen LogP contribution in [0.5, 0.6) is 0 Å². The van der Waals surface area contributed by atoms with Crippen LogP contribution in [0.15, 0.2) is 24.3 Å². The summed E-state index contributed by atoms with van der Waals surface area (Å²) in [6, 6.07) is 8.03. The summed E-state index contributed by atoms with van der Waals surface area (Å²) in [5, 5.41) is 10.4. The van der Waals surface area contributed by atoms with Gasteiger partial charge in [-0.15, -0.1) is 0 Å². The molecule has 1 aliphatic heterocycles. The molecule has 0 radical (unpaired) electrons. The van der Waals surface area contributed by atoms with Gasteiger partial charge >= 0.3 is 0 Å². The normalized spacial score (nSPS) is 22.9. The van der Waals surface area contributed by atoms with Crippen molar-refractivity contribution in [2.24, 2.45) is 5.92 Å². The fraction of sp³-hybridized carbons (Fsp3) is 0.571. The van der Waals surface area contributed by atoms with Gasteiger partial charge in [-0.2, -0.15) is 0 Å². The predicted molar refractivity (Wildman–Crippen MR) is 71.4 cm³/mol. The molecule has 2 atom stereocenters. The second-order valence-corrected chi connectivity index (χ2v) is 5.34. The van der Waals surface area contributed by atoms with Crippen molar-refractivity contribution in [3.05, 3.63) is 34.9 Å². The first kappa shape index (κ1) is 12.9. The molecule has 0 amide bonds. The number of aliphatic hydroxyl groups is 1. The Morgan fingerprint density at radius 2 is 2.24 bits per heavy atom. The summed E-state index contributed by atoms with van der Waals surface area (Å²) < 4.78 is 0. The van der Waals surface area contributed by atoms with Crippen molar-refractivity contribution in [3.63, 3.8) is 0 Å². The van der Waals surface area contributed by atoms with E-state index in [1.165, 1.54) is 5.56 Å². The zero-order valence-corrected chi connectivity index (χ0v) is 11.0. The Bertz CT molecular complexity index is 367. The molecule has 1 aromatic carbocycles. The molecule has 1 heterocycles. The maximum atomic E-state index is 9.55. The van der Waals surface area contributed by atoms with Gasteiger partial charge in [0, 0.05) is 18.1 Å². The molecule has 3 heteroatoms. The van der Waals surface area contributed by atoms with E-state index in [4.69, 9.17) is 11.6 Å². The Hall–Kier alpha value is -0.570. The molecule has 2 rings (SSSR count). The van der Waals surface area contributed by atoms with E-state index in [2.05, 4.69) is 11.0 Å². The number of hydrogen-bond acceptors (Lipinski definition) is 2. The van der Waals surface area contributed by atoms with Crippen molar-refractivity contribution in [2.45, 2.75) is 25.9 Å². The van der Waals surface area contributed by atoms with Gasteiger partial charge in [-0.05, 0) is 43.9 Å². The monoisotopic (exact) mass is 253 g/mol. The minimum Gasteiger partial charge on any atom is -0.393 e. The van der Waals surface area contributed by atoms with E-state index in [-0.39, 0.29) is 6.10 Å². The summed E-state index contributed by atoms with van der Waals surface area (Å²) in [6.45, 7) is 5.04. The minimum absolute atomic E-state index is 0.180. The van der Waals surface area contributed by atoms with E-state index in [1.807, 2.05) is 25.1 Å². The zero-order valence-electron chi connectivity index (χ0n) is 10.3. The van der Waals surface area contributed by atoms with E-state index < -0.39 is 0 Å². The second kappa shape index (κ2) is 5.85. The first-order valence-corrected chi connectivity index (χ1v) is 6.68. The molecule has 1 N–H and O–H groups in total. The highest BCUT2D eigenvalue weighted by Gasteiger charge is 2.25. The van der Waals surface area contributed by atoms with Crippen LogP contribution in [0.1, 0.15) is 18.9 Å². The third kappa shape index (κ3) is 3.44. The fourth-order valence-electron chi connectivity index (χ4n) is 2.44. The molecule has 0 bridgehead atoms. The smallest absolute Gasteiger partial charge is 0.0552 e. The van der Waals surface area contributed by atoms with E-state index in [1.54, 1.807) is 0 Å². The quantitative estimate of drug-likeness (QED) is 0.892. The molecular formula is C14H20ClNO. The highest BCUT2D eigenvalue weighted by Crippen LogP contribution is 2.21. The van der Waals surface area contributed by atoms with Crippen LogP contribution in [0.3, 0.4) is 0 Å². The first-order valence-electron chi connectivity index (χ1n) is 6.30. The molecule has 0 aliphatic carbocycles. The van der Waals surface area contributed by atoms with E-state index >= 15 is 0 Å². The van der Waals surface area contributed by atoms with Crippen LogP contribution < -0.4 is 0 Å². The number of likely N-dealkylation sites (tertiary alicyclic amines) is 1. The summed E-state index contributed by atoms with van der Waals surface area (Å²) in [7, 11) is 0. The lowest BCUT2D eigenvalue weighted by atomic mass is 10.0. The predicted octanol–water partition coefficient (Wildman–Crippen LogP) is 2.59. The Kier molecular flexibility index (Phi) is 4.43. The standard InChI is InChI=1S/C14H20ClNO/c1-11(17)13-7-9-16(10-13)8-6-12-4-2-3-5-14(12)15/h2-5,11,13,17H,6-10H2,1H3. The molecule has 94 valence electrons. The number of nitrogens with zero attached hydrogens (tertiary/aromatic N) is 1. The summed E-state index contributed by atoms with van der Waals surface area (Å²) >= 11 is 6.13. The average Bonchev–Trinajstić information content (AvgIpc) is 2.77. The van der Waals surface area contributed by atoms with Gasteiger partial charge < -0.3 is 10.0 Å². The van der Waals surface area contributed by atoms with Crippen molar-refractivity contribution in [2.75, 3.05) is 19.6 Å². The summed E-state index contributed by atoms with van der Waals surface area (Å²) in [5.74, 6) is 0.446. The largest absolute Gasteiger partial charge is 0.393 e. The molecule has 2 nitrogen and oxygen atoms in total. The molecule has 1 aliphatic rings. The van der Waals surface area contributed by atoms with Crippen LogP contribution in [0.2, 0.25) is 5.02 Å². The van der Waals surface area contributed by atoms with E-state index in [9.17, 15) is 5.11 Å². The van der Waals surface area contributed by atoms with Crippen molar-refractivity contribution in [1.29, 1.82) is 0 Å². The van der Waals surface area contributed by atoms with Crippen molar-refractivity contribution in [1.82, 2.24) is 4.90 Å². The van der Waals surface area contributed by atoms with Crippen LogP contribution in [0.4, 0.5) is 0 Å². The molecule has 0 saturated carbocycles. The fourth-order valence-corrected chi connectivity index (χ4v) is 2.67. The van der Waals surface area contributed by atoms with Crippen molar-refractivity contribution < 1.29 is 5.11 Å². The number of halogens is 1. The Labute approximate surface area is 108 Å². The number of hydrogen-bond donors (Lipinski definition) is 1. The van der Waals surface area contributed by atoms with Crippen LogP contribution in [0.25, 0.3) is 0 Å². The zero-order chi connectivity index (χ0) is 12.3. The summed E-state index contributed by atoms with van der Waals surface area (Å²) in [5.41, 5.74) is 1.22. The molecule has 0 aromatic heterocycles. The van der Waals surface area contributed by atoms with Gasteiger partial charge in [-0.1, -0.05) is 29.8 Å². The van der Waals surface area contributed by atoms with Crippen LogP contribution >= 0.6 is 11.6 Å². The molecule has 0 spiro atoms. The third-order valence-corrected chi connectivity index (χ3v) is 4.01. The van der Waals surface area contributed by atoms with E-state index in [0.717, 1.165) is 37.5 Å². The molecular weight excluding hydrogens is 234 g/mol. The highest BCUT2D eigenvalue weighted by atomic mass is 35.5. The Morgan fingerprint density at radius 1 is 1.47 bits per heavy atom. The SMILES string of the molecule is CC(O)C1CCN(CCc2ccccc2Cl)C1. The summed E-state index contributed by atoms with van der Waals surface area (Å²) in [6.07, 6.45) is 1.92. The summed E-state index contributed by atoms with van der Waals surface area (Å²) in [4.78, 5) is 2.42. The molecule has 1 aromatic rings. The van der Waals surface area contributed by atoms with Crippen LogP contribution in [-0.2, 0) is 6.42 Å². The lowest BCUT2D eigenvalue weighted by molar-refractivity contribution is 0.128. The molecule has 1 fully saturated rings. The van der Waals surface area contributed by atoms with Gasteiger partial charge in [0.25, 0.3) is 0 Å². The van der Waals surface area contributed by atoms with Crippen LogP contribution in [0, 0.1) is 5.92 Å². The first-order chi connectivity index (χ1) is 8.16. The topological polar surface area (TPSA) is 23.5 Å². The Morgan fingerprint density at radius 3 is 2.88 bits per heavy atom. The lowest BCUT2D eigenvalue weighted by Gasteiger charge is -2.17. The van der Waals surface area contributed by atoms with Gasteiger partial charge in [0.05, 0.1) is 6.10 Å². The molecule has 17 heavy (non-hydrogen) atoms. The van der Waals surface area contributed by atoms with Gasteiger partial charge in [-0.25, -0.2) is 0 Å². The highest BCUT2D eigenvalue weighted by molar-refractivity contribution is 6.31. The number of aliphatic hydroxyl groups excluding tert-OH is 1. The van der Waals surface area contributed by atoms with Crippen molar-refractivity contribution in [3.8, 4) is 0 Å². The number of rotatable bonds is 4. The van der Waals surface area contributed by atoms with Crippen molar-refractivity contribution >= 4 is 11.6 Å². The maximum absolute atomic E-state index is 9.55. The molecule has 2 unspecified atom stereocenters. The lowest BCUT2D eigenvalue weighted by Crippen LogP contribution is -2.26. The second-order valence-electron chi connectivity index (χ2n) is 4.93. The maximum Gasteiger partial charge on any atom is 0.0552 e. The van der Waals surface area contributed by atoms with Gasteiger partial charge in [0.2, 0.25) is 0 Å². The molecule has 1 saturated heterocycles. The minimum atomic E-state index is -0.180. The third-order valence-electron chi connectivity index (χ3n) is 3.65. The number of benzene rings is 1. The Balaban J connectivity index is 1.82. The van der Waals surface area contributed by atoms with Gasteiger partial charge in [0.15, 0.2) is 0 Å². The van der Waals surface area contributed by atoms with Gasteiger partial charge in [-0.3, -0.25) is 0 Å². The van der Waals surface area contributed by atoms with E-state index in [0.29, 0.717) is 5.92 Å².